The minimum atomic E-state index is -4.02. The second-order valence-corrected chi connectivity index (χ2v) is 38.1. The lowest BCUT2D eigenvalue weighted by Crippen LogP contribution is -2.47. The predicted octanol–water partition coefficient (Wildman–Crippen LogP) is 9.82. The maximum absolute atomic E-state index is 14.9. The fraction of sp³-hybridized carbons (Fsp3) is 0.523. The van der Waals surface area contributed by atoms with Crippen molar-refractivity contribution < 1.29 is 98.8 Å². The summed E-state index contributed by atoms with van der Waals surface area (Å²) in [6.45, 7) is 22.4. The van der Waals surface area contributed by atoms with Crippen molar-refractivity contribution in [1.82, 2.24) is 49.0 Å². The molecule has 3 aliphatic heterocycles. The highest BCUT2D eigenvalue weighted by atomic mass is 31.2. The second-order valence-electron chi connectivity index (χ2n) is 31.7. The normalized spacial score (nSPS) is 18.7. The topological polar surface area (TPSA) is 469 Å². The van der Waals surface area contributed by atoms with Crippen LogP contribution < -0.4 is 63.1 Å². The van der Waals surface area contributed by atoms with E-state index in [1.807, 2.05) is 102 Å². The first-order valence-corrected chi connectivity index (χ1v) is 47.5. The molecule has 2 unspecified atom stereocenters. The molecule has 3 aliphatic rings. The molecule has 0 radical (unpaired) electrons. The number of aromatic nitrogens is 6. The van der Waals surface area contributed by atoms with Crippen molar-refractivity contribution in [1.29, 1.82) is 0 Å². The molecule has 3 aromatic heterocycles. The van der Waals surface area contributed by atoms with Crippen molar-refractivity contribution in [2.24, 2.45) is 11.8 Å². The molecule has 7 N–H and O–H groups in total. The lowest BCUT2D eigenvalue weighted by atomic mass is 10.1. The molecular weight excluding hydrogens is 1700 g/mol. The van der Waals surface area contributed by atoms with Crippen LogP contribution in [0.25, 0.3) is 0 Å². The zero-order valence-electron chi connectivity index (χ0n) is 73.1. The summed E-state index contributed by atoms with van der Waals surface area (Å²) in [5, 5.41) is 11.5. The van der Waals surface area contributed by atoms with Gasteiger partial charge in [-0.05, 0) is 127 Å². The van der Waals surface area contributed by atoms with Crippen LogP contribution >= 0.6 is 22.5 Å². The summed E-state index contributed by atoms with van der Waals surface area (Å²) in [6, 6.07) is 31.1. The molecule has 0 amide bonds. The van der Waals surface area contributed by atoms with E-state index < -0.39 is 166 Å². The minimum Gasteiger partial charge on any atom is -0.466 e. The molecule has 3 fully saturated rings. The van der Waals surface area contributed by atoms with Gasteiger partial charge in [0.15, 0.2) is 0 Å². The third-order valence-electron chi connectivity index (χ3n) is 19.4. The van der Waals surface area contributed by atoms with Gasteiger partial charge < -0.3 is 61.2 Å². The van der Waals surface area contributed by atoms with Crippen LogP contribution in [-0.2, 0) is 103 Å². The van der Waals surface area contributed by atoms with Crippen LogP contribution in [-0.4, -0.2) is 172 Å². The minimum absolute atomic E-state index is 0.0729. The molecule has 40 heteroatoms. The Morgan fingerprint density at radius 2 is 0.778 bits per heavy atom. The van der Waals surface area contributed by atoms with Gasteiger partial charge in [0.2, 0.25) is 7.44 Å². The number of aromatic amines is 3. The van der Waals surface area contributed by atoms with Gasteiger partial charge in [0.1, 0.15) is 73.4 Å². The van der Waals surface area contributed by atoms with Gasteiger partial charge in [-0.3, -0.25) is 80.7 Å². The maximum Gasteiger partial charge on any atom is 0.342 e. The molecule has 126 heavy (non-hydrogen) atoms. The van der Waals surface area contributed by atoms with Gasteiger partial charge >= 0.3 is 62.0 Å². The monoisotopic (exact) mass is 1820 g/mol. The van der Waals surface area contributed by atoms with E-state index in [2.05, 4.69) is 35.3 Å². The van der Waals surface area contributed by atoms with Crippen LogP contribution in [0.3, 0.4) is 0 Å². The highest BCUT2D eigenvalue weighted by molar-refractivity contribution is 7.59. The van der Waals surface area contributed by atoms with Crippen molar-refractivity contribution in [2.75, 3.05) is 65.3 Å². The summed E-state index contributed by atoms with van der Waals surface area (Å²) < 4.78 is 120. The summed E-state index contributed by atoms with van der Waals surface area (Å²) in [4.78, 5) is 144. The van der Waals surface area contributed by atoms with Gasteiger partial charge in [-0.25, -0.2) is 34.7 Å². The molecule has 0 aliphatic carbocycles. The third-order valence-corrected chi connectivity index (χ3v) is 24.8. The van der Waals surface area contributed by atoms with Crippen LogP contribution in [0.15, 0.2) is 169 Å². The SMILES string of the molecule is CCCOC(=O)[C@H](Cc1ccccc1)NP(=O)(CO[C@H]1CO[C@@H](n2cc(C)c(=O)[nH]c2=O)C1)N[C@@H](Cc1ccccc1)C(=O)OCCC.Cc1cn([C@H]2C[C@@H](OCP(=O)(N[C@@H](C)C(=O)OC(C)C)Oc3ccccc3)CO2)c(=O)[nH]c1=O.Cc1cn([C@H]2C[C@@H](OCP(=O)(N[C@@H](CC(=O)OCCC(C)C)C(=O)OCCC(C)C)Oc3ccccc3)CO2)c(=O)[nH]c1=O. The van der Waals surface area contributed by atoms with Gasteiger partial charge in [-0.1, -0.05) is 139 Å². The Balaban J connectivity index is 0.000000237. The number of esters is 5. The van der Waals surface area contributed by atoms with E-state index in [1.165, 1.54) is 39.2 Å². The molecule has 7 aromatic rings. The number of aryl methyl sites for hydroxylation is 3. The number of para-hydroxylation sites is 2. The lowest BCUT2D eigenvalue weighted by Gasteiger charge is -2.29. The molecule has 37 nitrogen and oxygen atoms in total. The van der Waals surface area contributed by atoms with E-state index >= 15 is 0 Å². The smallest absolute Gasteiger partial charge is 0.342 e. The highest BCUT2D eigenvalue weighted by Crippen LogP contribution is 2.47. The average molecular weight is 1820 g/mol. The molecule has 3 saturated heterocycles. The van der Waals surface area contributed by atoms with Gasteiger partial charge in [0.25, 0.3) is 16.7 Å². The molecule has 4 aromatic carbocycles. The van der Waals surface area contributed by atoms with Crippen LogP contribution in [0.4, 0.5) is 0 Å². The van der Waals surface area contributed by atoms with E-state index in [1.54, 1.807) is 95.3 Å². The zero-order chi connectivity index (χ0) is 91.7. The quantitative estimate of drug-likeness (QED) is 0.0106. The average Bonchev–Trinajstić information content (AvgIpc) is 1.60. The molecule has 0 bridgehead atoms. The number of hydrogen-bond acceptors (Lipinski definition) is 27. The van der Waals surface area contributed by atoms with Crippen LogP contribution in [0.2, 0.25) is 0 Å². The number of nitrogens with zero attached hydrogens (tertiary/aromatic N) is 3. The summed E-state index contributed by atoms with van der Waals surface area (Å²) in [6.07, 6.45) is 2.06. The number of H-pyrrole nitrogens is 3. The van der Waals surface area contributed by atoms with Crippen molar-refractivity contribution in [2.45, 2.75) is 215 Å². The zero-order valence-corrected chi connectivity index (χ0v) is 75.8. The number of benzene rings is 4. The van der Waals surface area contributed by atoms with E-state index in [0.717, 1.165) is 11.1 Å². The van der Waals surface area contributed by atoms with Crippen LogP contribution in [0.5, 0.6) is 11.5 Å². The largest absolute Gasteiger partial charge is 0.466 e. The van der Waals surface area contributed by atoms with Gasteiger partial charge in [0, 0.05) is 54.5 Å². The summed E-state index contributed by atoms with van der Waals surface area (Å²) >= 11 is 0. The van der Waals surface area contributed by atoms with Crippen molar-refractivity contribution in [3.05, 3.63) is 230 Å². The predicted molar refractivity (Wildman–Crippen MR) is 466 cm³/mol. The Labute approximate surface area is 730 Å². The fourth-order valence-electron chi connectivity index (χ4n) is 12.7. The Hall–Kier alpha value is -9.84. The fourth-order valence-corrected chi connectivity index (χ4v) is 18.2. The summed E-state index contributed by atoms with van der Waals surface area (Å²) in [5.41, 5.74) is -0.551. The van der Waals surface area contributed by atoms with Crippen molar-refractivity contribution in [3.8, 4) is 11.5 Å². The van der Waals surface area contributed by atoms with Crippen molar-refractivity contribution in [3.63, 3.8) is 0 Å². The number of carbonyl (C=O) groups is 5. The highest BCUT2D eigenvalue weighted by Gasteiger charge is 2.42. The number of nitrogens with one attached hydrogen (secondary N) is 7. The lowest BCUT2D eigenvalue weighted by molar-refractivity contribution is -0.152. The number of carbonyl (C=O) groups excluding carboxylic acids is 5. The molecule has 0 spiro atoms. The number of hydrogen-bond donors (Lipinski definition) is 7. The summed E-state index contributed by atoms with van der Waals surface area (Å²) in [5.74, 6) is -1.95. The molecule has 6 heterocycles. The first-order valence-electron chi connectivity index (χ1n) is 42.0. The second kappa shape index (κ2) is 50.1. The van der Waals surface area contributed by atoms with Gasteiger partial charge in [-0.2, -0.15) is 0 Å². The Kier molecular flexibility index (Phi) is 40.3. The third kappa shape index (κ3) is 33.4. The Morgan fingerprint density at radius 1 is 0.437 bits per heavy atom. The first kappa shape index (κ1) is 102. The maximum atomic E-state index is 14.9. The number of ether oxygens (including phenoxy) is 11. The van der Waals surface area contributed by atoms with Gasteiger partial charge in [0.05, 0.1) is 77.1 Å². The summed E-state index contributed by atoms with van der Waals surface area (Å²) in [7, 11) is -11.7. The van der Waals surface area contributed by atoms with Crippen LogP contribution in [0, 0.1) is 32.6 Å². The number of rotatable bonds is 45. The van der Waals surface area contributed by atoms with E-state index in [9.17, 15) is 66.4 Å². The Morgan fingerprint density at radius 3 is 1.14 bits per heavy atom. The molecule has 10 rings (SSSR count). The van der Waals surface area contributed by atoms with Crippen molar-refractivity contribution >= 4 is 52.3 Å². The molecule has 690 valence electrons. The molecule has 0 saturated carbocycles. The standard InChI is InChI=1S/C34H45N4O9P.C30H44N3O10P.C22H30N3O8P/c1-4-16-44-32(40)28(18-25-12-8-6-9-13-25)36-48(43,37-29(33(41)45-17-5-2)19-26-14-10-7-11-15-26)23-47-27-20-30(46-22-27)38-21-24(3)31(39)35-34(38)42;1-20(2)11-13-39-27(34)16-25(29(36)40-14-12-21(3)4)32-44(38,43-23-9-7-6-8-10-23)19-42-24-15-26(41-18-24)33-17-22(5)28(35)31-30(33)37;1-14(2)32-21(27)16(4)24-34(29,33-17-8-6-5-7-9-17)13-31-18-10-19(30-12-18)25-11-15(3)20(26)23-22(25)28/h6-15,21,27-30H,4-5,16-20,22-23H2,1-3H3,(H,35,39,42)(H2,36,37,43);6-10,17,20-21,24-26H,11-16,18-19H2,1-5H3,(H,32,38)(H,31,35,37);5-9,11,14,16,18-19H,10,12-13H2,1-4H3,(H,24,29)(H,23,26,28)/t27-,28+,29+,30-;24-,25+,26-,44?;16-,18+,19+,34?/m110/s1. The molecular formula is C86H119N10O27P3. The van der Waals surface area contributed by atoms with Crippen LogP contribution in [0.1, 0.15) is 160 Å². The van der Waals surface area contributed by atoms with Gasteiger partial charge in [-0.15, -0.1) is 0 Å². The first-order chi connectivity index (χ1) is 60.0. The Bertz CT molecular complexity index is 5120. The van der Waals surface area contributed by atoms with E-state index in [0.29, 0.717) is 60.5 Å². The molecule has 12 atom stereocenters. The van der Waals surface area contributed by atoms with E-state index in [-0.39, 0.29) is 96.1 Å². The van der Waals surface area contributed by atoms with E-state index in [4.69, 9.17) is 61.2 Å².